The van der Waals surface area contributed by atoms with Gasteiger partial charge in [0.1, 0.15) is 11.9 Å². The molecule has 0 saturated carbocycles. The van der Waals surface area contributed by atoms with Crippen molar-refractivity contribution in [2.45, 2.75) is 39.3 Å². The molecule has 0 amide bonds. The van der Waals surface area contributed by atoms with Gasteiger partial charge in [0.2, 0.25) is 21.9 Å². The first-order valence-corrected chi connectivity index (χ1v) is 11.0. The molecule has 2 rings (SSSR count). The van der Waals surface area contributed by atoms with E-state index in [-0.39, 0.29) is 30.6 Å². The number of nitrogens with zero attached hydrogens (tertiary/aromatic N) is 3. The first-order chi connectivity index (χ1) is 13.6. The normalized spacial score (nSPS) is 13.8. The molecule has 0 bridgehead atoms. The van der Waals surface area contributed by atoms with Gasteiger partial charge < -0.3 is 15.2 Å². The number of nitrogens with one attached hydrogen (secondary N) is 2. The van der Waals surface area contributed by atoms with Gasteiger partial charge in [-0.05, 0) is 25.3 Å². The van der Waals surface area contributed by atoms with Gasteiger partial charge in [0, 0.05) is 5.56 Å². The molecule has 3 N–H and O–H groups in total. The van der Waals surface area contributed by atoms with Crippen molar-refractivity contribution in [1.29, 1.82) is 0 Å². The number of anilines is 2. The first-order valence-electron chi connectivity index (χ1n) is 9.09. The maximum atomic E-state index is 14.0. The predicted molar refractivity (Wildman–Crippen MR) is 108 cm³/mol. The minimum absolute atomic E-state index is 0.0292. The molecule has 2 atom stereocenters. The SMILES string of the molecule is CC(C)C[C@H](CO)Nc1nc(NS(C)(=O)=O)nc(OC(C)c2ccccc2F)n1. The molecular formula is C18H26FN5O4S. The standard InChI is InChI=1S/C18H26FN5O4S/c1-11(2)9-13(10-25)20-16-21-17(24-29(4,26)27)23-18(22-16)28-12(3)14-7-5-6-8-15(14)19/h5-8,11-13,25H,9-10H2,1-4H3,(H2,20,21,22,23,24)/t12?,13-/m1/s1. The van der Waals surface area contributed by atoms with E-state index in [0.29, 0.717) is 17.9 Å². The summed E-state index contributed by atoms with van der Waals surface area (Å²) in [6.45, 7) is 5.45. The van der Waals surface area contributed by atoms with E-state index in [0.717, 1.165) is 6.26 Å². The molecule has 1 aromatic heterocycles. The van der Waals surface area contributed by atoms with Crippen LogP contribution in [0.4, 0.5) is 16.3 Å². The number of sulfonamides is 1. The van der Waals surface area contributed by atoms with Gasteiger partial charge in [0.05, 0.1) is 18.9 Å². The van der Waals surface area contributed by atoms with Crippen LogP contribution in [-0.2, 0) is 10.0 Å². The number of halogens is 1. The number of aliphatic hydroxyl groups excluding tert-OH is 1. The summed E-state index contributed by atoms with van der Waals surface area (Å²) in [7, 11) is -3.65. The molecule has 0 radical (unpaired) electrons. The zero-order valence-corrected chi connectivity index (χ0v) is 17.6. The highest BCUT2D eigenvalue weighted by Crippen LogP contribution is 2.23. The van der Waals surface area contributed by atoms with Crippen LogP contribution >= 0.6 is 0 Å². The quantitative estimate of drug-likeness (QED) is 0.527. The van der Waals surface area contributed by atoms with Crippen LogP contribution in [0.3, 0.4) is 0 Å². The molecule has 2 aromatic rings. The van der Waals surface area contributed by atoms with Crippen LogP contribution in [0.25, 0.3) is 0 Å². The fourth-order valence-electron chi connectivity index (χ4n) is 2.64. The highest BCUT2D eigenvalue weighted by molar-refractivity contribution is 7.91. The molecule has 160 valence electrons. The van der Waals surface area contributed by atoms with E-state index < -0.39 is 21.9 Å². The van der Waals surface area contributed by atoms with Crippen LogP contribution in [0.1, 0.15) is 38.9 Å². The van der Waals surface area contributed by atoms with Crippen molar-refractivity contribution in [3.8, 4) is 6.01 Å². The lowest BCUT2D eigenvalue weighted by Gasteiger charge is -2.19. The Kier molecular flexibility index (Phi) is 7.68. The highest BCUT2D eigenvalue weighted by Gasteiger charge is 2.18. The zero-order valence-electron chi connectivity index (χ0n) is 16.8. The summed E-state index contributed by atoms with van der Waals surface area (Å²) in [6, 6.07) is 5.58. The summed E-state index contributed by atoms with van der Waals surface area (Å²) >= 11 is 0. The fraction of sp³-hybridized carbons (Fsp3) is 0.500. The maximum absolute atomic E-state index is 14.0. The smallest absolute Gasteiger partial charge is 0.323 e. The van der Waals surface area contributed by atoms with E-state index in [2.05, 4.69) is 25.0 Å². The number of aromatic nitrogens is 3. The van der Waals surface area contributed by atoms with Gasteiger partial charge in [-0.25, -0.2) is 12.8 Å². The predicted octanol–water partition coefficient (Wildman–Crippen LogP) is 2.34. The van der Waals surface area contributed by atoms with Crippen molar-refractivity contribution in [2.24, 2.45) is 5.92 Å². The molecule has 0 saturated heterocycles. The van der Waals surface area contributed by atoms with Gasteiger partial charge in [0.25, 0.3) is 0 Å². The first kappa shape index (κ1) is 22.8. The summed E-state index contributed by atoms with van der Waals surface area (Å²) in [5.74, 6) is -0.366. The lowest BCUT2D eigenvalue weighted by Crippen LogP contribution is -2.27. The van der Waals surface area contributed by atoms with Crippen molar-refractivity contribution in [1.82, 2.24) is 15.0 Å². The molecule has 0 spiro atoms. The molecule has 1 aromatic carbocycles. The van der Waals surface area contributed by atoms with E-state index in [1.807, 2.05) is 13.8 Å². The second kappa shape index (κ2) is 9.79. The van der Waals surface area contributed by atoms with Gasteiger partial charge in [0.15, 0.2) is 0 Å². The minimum Gasteiger partial charge on any atom is -0.455 e. The molecule has 9 nitrogen and oxygen atoms in total. The van der Waals surface area contributed by atoms with Crippen molar-refractivity contribution in [3.05, 3.63) is 35.6 Å². The fourth-order valence-corrected chi connectivity index (χ4v) is 3.07. The number of rotatable bonds is 10. The van der Waals surface area contributed by atoms with Gasteiger partial charge in [-0.3, -0.25) is 4.72 Å². The molecule has 29 heavy (non-hydrogen) atoms. The van der Waals surface area contributed by atoms with Gasteiger partial charge >= 0.3 is 6.01 Å². The van der Waals surface area contributed by atoms with Gasteiger partial charge in [-0.15, -0.1) is 0 Å². The van der Waals surface area contributed by atoms with Crippen molar-refractivity contribution < 1.29 is 22.7 Å². The zero-order chi connectivity index (χ0) is 21.6. The van der Waals surface area contributed by atoms with Crippen molar-refractivity contribution in [2.75, 3.05) is 22.9 Å². The summed E-state index contributed by atoms with van der Waals surface area (Å²) in [5, 5.41) is 12.5. The van der Waals surface area contributed by atoms with E-state index in [1.54, 1.807) is 25.1 Å². The molecular weight excluding hydrogens is 401 g/mol. The summed E-state index contributed by atoms with van der Waals surface area (Å²) in [6.07, 6.45) is 0.863. The minimum atomic E-state index is -3.65. The van der Waals surface area contributed by atoms with Crippen LogP contribution < -0.4 is 14.8 Å². The van der Waals surface area contributed by atoms with Crippen LogP contribution in [0, 0.1) is 11.7 Å². The Morgan fingerprint density at radius 3 is 2.38 bits per heavy atom. The van der Waals surface area contributed by atoms with Crippen LogP contribution in [0.15, 0.2) is 24.3 Å². The lowest BCUT2D eigenvalue weighted by molar-refractivity contribution is 0.202. The van der Waals surface area contributed by atoms with Crippen LogP contribution in [0.5, 0.6) is 6.01 Å². The molecule has 0 aliphatic rings. The average Bonchev–Trinajstić information content (AvgIpc) is 2.59. The second-order valence-electron chi connectivity index (χ2n) is 7.07. The van der Waals surface area contributed by atoms with Crippen LogP contribution in [0.2, 0.25) is 0 Å². The molecule has 0 aliphatic heterocycles. The summed E-state index contributed by atoms with van der Waals surface area (Å²) < 4.78 is 44.9. The number of ether oxygens (including phenoxy) is 1. The van der Waals surface area contributed by atoms with E-state index in [1.165, 1.54) is 6.07 Å². The monoisotopic (exact) mass is 427 g/mol. The van der Waals surface area contributed by atoms with E-state index in [4.69, 9.17) is 4.74 Å². The van der Waals surface area contributed by atoms with E-state index in [9.17, 15) is 17.9 Å². The average molecular weight is 428 g/mol. The van der Waals surface area contributed by atoms with Crippen molar-refractivity contribution in [3.63, 3.8) is 0 Å². The lowest BCUT2D eigenvalue weighted by atomic mass is 10.0. The summed E-state index contributed by atoms with van der Waals surface area (Å²) in [5.41, 5.74) is 0.299. The third-order valence-corrected chi connectivity index (χ3v) is 4.38. The third kappa shape index (κ3) is 7.42. The third-order valence-electron chi connectivity index (χ3n) is 3.83. The number of hydrogen-bond donors (Lipinski definition) is 3. The molecule has 0 aliphatic carbocycles. The number of hydrogen-bond acceptors (Lipinski definition) is 8. The Hall–Kier alpha value is -2.53. The maximum Gasteiger partial charge on any atom is 0.323 e. The number of aliphatic hydroxyl groups is 1. The van der Waals surface area contributed by atoms with Crippen molar-refractivity contribution >= 4 is 21.9 Å². The molecule has 1 heterocycles. The largest absolute Gasteiger partial charge is 0.455 e. The Balaban J connectivity index is 2.32. The highest BCUT2D eigenvalue weighted by atomic mass is 32.2. The second-order valence-corrected chi connectivity index (χ2v) is 8.82. The Bertz CT molecular complexity index is 926. The molecule has 1 unspecified atom stereocenters. The molecule has 0 fully saturated rings. The Labute approximate surface area is 169 Å². The topological polar surface area (TPSA) is 126 Å². The van der Waals surface area contributed by atoms with Crippen LogP contribution in [-0.4, -0.2) is 47.4 Å². The number of benzene rings is 1. The Morgan fingerprint density at radius 1 is 1.14 bits per heavy atom. The Morgan fingerprint density at radius 2 is 1.79 bits per heavy atom. The molecule has 11 heteroatoms. The van der Waals surface area contributed by atoms with Gasteiger partial charge in [-0.2, -0.15) is 15.0 Å². The summed E-state index contributed by atoms with van der Waals surface area (Å²) in [4.78, 5) is 12.1. The van der Waals surface area contributed by atoms with E-state index >= 15 is 0 Å². The van der Waals surface area contributed by atoms with Gasteiger partial charge in [-0.1, -0.05) is 32.0 Å².